The number of tetrazole rings is 1. The molecule has 1 amide bonds. The van der Waals surface area contributed by atoms with Gasteiger partial charge in [-0.25, -0.2) is 4.39 Å². The van der Waals surface area contributed by atoms with E-state index >= 15 is 0 Å². The lowest BCUT2D eigenvalue weighted by molar-refractivity contribution is 0.0742. The molecule has 0 spiro atoms. The van der Waals surface area contributed by atoms with Gasteiger partial charge in [0.25, 0.3) is 5.91 Å². The van der Waals surface area contributed by atoms with Crippen molar-refractivity contribution in [2.45, 2.75) is 13.0 Å². The highest BCUT2D eigenvalue weighted by molar-refractivity contribution is 5.94. The molecule has 0 aliphatic carbocycles. The SMILES string of the molecule is C[C@@H](c1ccc(F)cc1)N(C)C(=O)c1ccc(-c2nn[nH]n2)cc1. The maximum atomic E-state index is 13.0. The largest absolute Gasteiger partial charge is 0.335 e. The molecule has 24 heavy (non-hydrogen) atoms. The molecule has 1 heterocycles. The number of benzene rings is 2. The fourth-order valence-electron chi connectivity index (χ4n) is 2.39. The summed E-state index contributed by atoms with van der Waals surface area (Å²) in [6.45, 7) is 1.90. The fraction of sp³-hybridized carbons (Fsp3) is 0.176. The third-order valence-electron chi connectivity index (χ3n) is 3.99. The number of H-pyrrole nitrogens is 1. The Morgan fingerprint density at radius 3 is 2.38 bits per heavy atom. The third-order valence-corrected chi connectivity index (χ3v) is 3.99. The van der Waals surface area contributed by atoms with E-state index in [9.17, 15) is 9.18 Å². The van der Waals surface area contributed by atoms with Gasteiger partial charge in [0.15, 0.2) is 0 Å². The van der Waals surface area contributed by atoms with Crippen LogP contribution in [0.25, 0.3) is 11.4 Å². The lowest BCUT2D eigenvalue weighted by Gasteiger charge is -2.25. The molecule has 122 valence electrons. The van der Waals surface area contributed by atoms with E-state index < -0.39 is 0 Å². The number of aromatic amines is 1. The molecule has 0 fully saturated rings. The van der Waals surface area contributed by atoms with E-state index in [1.807, 2.05) is 6.92 Å². The number of aromatic nitrogens is 4. The van der Waals surface area contributed by atoms with Gasteiger partial charge in [0, 0.05) is 18.2 Å². The van der Waals surface area contributed by atoms with E-state index in [1.165, 1.54) is 12.1 Å². The molecule has 3 rings (SSSR count). The summed E-state index contributed by atoms with van der Waals surface area (Å²) in [6.07, 6.45) is 0. The van der Waals surface area contributed by atoms with Gasteiger partial charge in [-0.05, 0) is 42.0 Å². The number of amides is 1. The van der Waals surface area contributed by atoms with Crippen molar-refractivity contribution in [3.8, 4) is 11.4 Å². The smallest absolute Gasteiger partial charge is 0.254 e. The van der Waals surface area contributed by atoms with Crippen LogP contribution in [0.2, 0.25) is 0 Å². The molecule has 1 N–H and O–H groups in total. The van der Waals surface area contributed by atoms with Crippen LogP contribution in [0, 0.1) is 5.82 Å². The van der Waals surface area contributed by atoms with Crippen LogP contribution in [0.15, 0.2) is 48.5 Å². The minimum atomic E-state index is -0.294. The van der Waals surface area contributed by atoms with Crippen LogP contribution < -0.4 is 0 Å². The van der Waals surface area contributed by atoms with E-state index in [0.717, 1.165) is 11.1 Å². The standard InChI is InChI=1S/C17H16FN5O/c1-11(12-7-9-15(18)10-8-12)23(2)17(24)14-5-3-13(4-6-14)16-19-21-22-20-16/h3-11H,1-2H3,(H,19,20,21,22)/t11-/m0/s1. The Balaban J connectivity index is 1.76. The minimum absolute atomic E-state index is 0.119. The lowest BCUT2D eigenvalue weighted by Crippen LogP contribution is -2.29. The summed E-state index contributed by atoms with van der Waals surface area (Å²) in [7, 11) is 1.73. The van der Waals surface area contributed by atoms with Crippen molar-refractivity contribution in [3.63, 3.8) is 0 Å². The Labute approximate surface area is 138 Å². The van der Waals surface area contributed by atoms with Crippen LogP contribution in [0.3, 0.4) is 0 Å². The molecule has 1 atom stereocenters. The number of rotatable bonds is 4. The highest BCUT2D eigenvalue weighted by atomic mass is 19.1. The summed E-state index contributed by atoms with van der Waals surface area (Å²) in [4.78, 5) is 14.2. The monoisotopic (exact) mass is 325 g/mol. The van der Waals surface area contributed by atoms with Crippen LogP contribution in [-0.2, 0) is 0 Å². The van der Waals surface area contributed by atoms with E-state index in [2.05, 4.69) is 20.6 Å². The zero-order valence-corrected chi connectivity index (χ0v) is 13.3. The average molecular weight is 325 g/mol. The van der Waals surface area contributed by atoms with Gasteiger partial charge in [-0.2, -0.15) is 5.21 Å². The fourth-order valence-corrected chi connectivity index (χ4v) is 2.39. The van der Waals surface area contributed by atoms with Gasteiger partial charge >= 0.3 is 0 Å². The highest BCUT2D eigenvalue weighted by Crippen LogP contribution is 2.22. The van der Waals surface area contributed by atoms with Gasteiger partial charge in [0.1, 0.15) is 5.82 Å². The molecule has 6 nitrogen and oxygen atoms in total. The van der Waals surface area contributed by atoms with Gasteiger partial charge < -0.3 is 4.90 Å². The van der Waals surface area contributed by atoms with Gasteiger partial charge in [0.05, 0.1) is 6.04 Å². The number of nitrogens with one attached hydrogen (secondary N) is 1. The molecule has 0 aliphatic heterocycles. The number of halogens is 1. The van der Waals surface area contributed by atoms with Crippen LogP contribution in [0.5, 0.6) is 0 Å². The number of hydrogen-bond donors (Lipinski definition) is 1. The first-order valence-corrected chi connectivity index (χ1v) is 7.43. The van der Waals surface area contributed by atoms with Crippen LogP contribution in [-0.4, -0.2) is 38.5 Å². The second-order valence-corrected chi connectivity index (χ2v) is 5.46. The van der Waals surface area contributed by atoms with E-state index in [0.29, 0.717) is 11.4 Å². The Morgan fingerprint density at radius 1 is 1.12 bits per heavy atom. The van der Waals surface area contributed by atoms with Gasteiger partial charge in [-0.3, -0.25) is 4.79 Å². The zero-order valence-electron chi connectivity index (χ0n) is 13.3. The predicted molar refractivity (Wildman–Crippen MR) is 86.5 cm³/mol. The molecular weight excluding hydrogens is 309 g/mol. The summed E-state index contributed by atoms with van der Waals surface area (Å²) in [5, 5.41) is 13.7. The van der Waals surface area contributed by atoms with Crippen LogP contribution in [0.4, 0.5) is 4.39 Å². The molecule has 7 heteroatoms. The third kappa shape index (κ3) is 3.15. The average Bonchev–Trinajstić information content (AvgIpc) is 3.15. The molecule has 0 bridgehead atoms. The number of carbonyl (C=O) groups is 1. The van der Waals surface area contributed by atoms with Crippen molar-refractivity contribution in [2.24, 2.45) is 0 Å². The van der Waals surface area contributed by atoms with Crippen molar-refractivity contribution in [2.75, 3.05) is 7.05 Å². The van der Waals surface area contributed by atoms with Crippen molar-refractivity contribution < 1.29 is 9.18 Å². The summed E-state index contributed by atoms with van der Waals surface area (Å²) in [5.74, 6) is 0.0607. The van der Waals surface area contributed by atoms with Crippen LogP contribution in [0.1, 0.15) is 28.9 Å². The first-order chi connectivity index (χ1) is 11.6. The first kappa shape index (κ1) is 15.8. The number of carbonyl (C=O) groups excluding carboxylic acids is 1. The molecule has 0 radical (unpaired) electrons. The molecule has 2 aromatic carbocycles. The Kier molecular flexibility index (Phi) is 4.33. The first-order valence-electron chi connectivity index (χ1n) is 7.43. The van der Waals surface area contributed by atoms with E-state index in [4.69, 9.17) is 0 Å². The summed E-state index contributed by atoms with van der Waals surface area (Å²) in [5.41, 5.74) is 2.20. The second-order valence-electron chi connectivity index (χ2n) is 5.46. The van der Waals surface area contributed by atoms with Gasteiger partial charge in [0.2, 0.25) is 5.82 Å². The van der Waals surface area contributed by atoms with Crippen molar-refractivity contribution in [3.05, 3.63) is 65.5 Å². The Morgan fingerprint density at radius 2 is 1.79 bits per heavy atom. The second kappa shape index (κ2) is 6.57. The van der Waals surface area contributed by atoms with Crippen molar-refractivity contribution in [1.82, 2.24) is 25.5 Å². The Hall–Kier alpha value is -3.09. The number of nitrogens with zero attached hydrogens (tertiary/aromatic N) is 4. The van der Waals surface area contributed by atoms with E-state index in [1.54, 1.807) is 48.3 Å². The lowest BCUT2D eigenvalue weighted by atomic mass is 10.1. The molecular formula is C17H16FN5O. The molecule has 0 saturated carbocycles. The van der Waals surface area contributed by atoms with Gasteiger partial charge in [-0.1, -0.05) is 24.3 Å². The van der Waals surface area contributed by atoms with Crippen molar-refractivity contribution >= 4 is 5.91 Å². The maximum absolute atomic E-state index is 13.0. The normalized spacial score (nSPS) is 12.0. The summed E-state index contributed by atoms with van der Waals surface area (Å²) in [6, 6.07) is 13.0. The Bertz CT molecular complexity index is 815. The van der Waals surface area contributed by atoms with E-state index in [-0.39, 0.29) is 17.8 Å². The van der Waals surface area contributed by atoms with Crippen molar-refractivity contribution in [1.29, 1.82) is 0 Å². The molecule has 0 saturated heterocycles. The molecule has 1 aromatic heterocycles. The topological polar surface area (TPSA) is 74.8 Å². The minimum Gasteiger partial charge on any atom is -0.335 e. The molecule has 3 aromatic rings. The quantitative estimate of drug-likeness (QED) is 0.800. The predicted octanol–water partition coefficient (Wildman–Crippen LogP) is 2.84. The van der Waals surface area contributed by atoms with Crippen LogP contribution >= 0.6 is 0 Å². The highest BCUT2D eigenvalue weighted by Gasteiger charge is 2.19. The summed E-state index contributed by atoms with van der Waals surface area (Å²) >= 11 is 0. The zero-order chi connectivity index (χ0) is 17.1. The molecule has 0 aliphatic rings. The molecule has 0 unspecified atom stereocenters. The maximum Gasteiger partial charge on any atom is 0.254 e. The number of hydrogen-bond acceptors (Lipinski definition) is 4. The van der Waals surface area contributed by atoms with Gasteiger partial charge in [-0.15, -0.1) is 10.2 Å². The summed E-state index contributed by atoms with van der Waals surface area (Å²) < 4.78 is 13.0.